The van der Waals surface area contributed by atoms with E-state index in [0.29, 0.717) is 17.8 Å². The maximum atomic E-state index is 11.7. The van der Waals surface area contributed by atoms with Crippen LogP contribution in [0.1, 0.15) is 32.3 Å². The van der Waals surface area contributed by atoms with E-state index in [1.807, 2.05) is 0 Å². The number of hydrogen-bond donors (Lipinski definition) is 3. The Kier molecular flexibility index (Phi) is 4.63. The first-order chi connectivity index (χ1) is 9.89. The van der Waals surface area contributed by atoms with Gasteiger partial charge in [0.15, 0.2) is 0 Å². The smallest absolute Gasteiger partial charge is 0.313 e. The van der Waals surface area contributed by atoms with Gasteiger partial charge in [-0.1, -0.05) is 12.1 Å². The van der Waals surface area contributed by atoms with Gasteiger partial charge >= 0.3 is 5.97 Å². The molecule has 0 radical (unpaired) electrons. The Morgan fingerprint density at radius 2 is 1.86 bits per heavy atom. The Labute approximate surface area is 124 Å². The molecule has 1 fully saturated rings. The predicted molar refractivity (Wildman–Crippen MR) is 81.3 cm³/mol. The SMILES string of the molecule is CC(C)(C(=O)O)c1ccc(NC(=O)CNCC2CC2)cc1. The molecule has 114 valence electrons. The van der Waals surface area contributed by atoms with Crippen molar-refractivity contribution < 1.29 is 14.7 Å². The predicted octanol–water partition coefficient (Wildman–Crippen LogP) is 1.99. The fourth-order valence-corrected chi connectivity index (χ4v) is 2.01. The van der Waals surface area contributed by atoms with Crippen LogP contribution >= 0.6 is 0 Å². The Bertz CT molecular complexity index is 519. The highest BCUT2D eigenvalue weighted by molar-refractivity contribution is 5.92. The lowest BCUT2D eigenvalue weighted by Gasteiger charge is -2.19. The molecule has 0 heterocycles. The lowest BCUT2D eigenvalue weighted by molar-refractivity contribution is -0.142. The zero-order chi connectivity index (χ0) is 15.5. The number of aliphatic carboxylic acids is 1. The summed E-state index contributed by atoms with van der Waals surface area (Å²) < 4.78 is 0. The number of amides is 1. The second kappa shape index (κ2) is 6.26. The molecule has 0 atom stereocenters. The van der Waals surface area contributed by atoms with Crippen molar-refractivity contribution in [1.29, 1.82) is 0 Å². The maximum Gasteiger partial charge on any atom is 0.313 e. The van der Waals surface area contributed by atoms with Crippen LogP contribution in [0.2, 0.25) is 0 Å². The minimum absolute atomic E-state index is 0.0825. The molecule has 2 rings (SSSR count). The van der Waals surface area contributed by atoms with E-state index in [1.54, 1.807) is 38.1 Å². The average molecular weight is 290 g/mol. The first-order valence-electron chi connectivity index (χ1n) is 7.24. The number of anilines is 1. The molecule has 3 N–H and O–H groups in total. The lowest BCUT2D eigenvalue weighted by Crippen LogP contribution is -2.30. The summed E-state index contributed by atoms with van der Waals surface area (Å²) in [5.74, 6) is -0.209. The van der Waals surface area contributed by atoms with Crippen molar-refractivity contribution in [3.05, 3.63) is 29.8 Å². The van der Waals surface area contributed by atoms with Crippen LogP contribution in [0.3, 0.4) is 0 Å². The number of rotatable bonds is 7. The molecule has 0 aliphatic heterocycles. The van der Waals surface area contributed by atoms with E-state index >= 15 is 0 Å². The van der Waals surface area contributed by atoms with Crippen LogP contribution in [-0.4, -0.2) is 30.1 Å². The van der Waals surface area contributed by atoms with Gasteiger partial charge < -0.3 is 15.7 Å². The molecule has 1 saturated carbocycles. The standard InChI is InChI=1S/C16H22N2O3/c1-16(2,15(20)21)12-5-7-13(8-6-12)18-14(19)10-17-9-11-3-4-11/h5-8,11,17H,3-4,9-10H2,1-2H3,(H,18,19)(H,20,21). The topological polar surface area (TPSA) is 78.4 Å². The summed E-state index contributed by atoms with van der Waals surface area (Å²) in [5, 5.41) is 15.1. The summed E-state index contributed by atoms with van der Waals surface area (Å²) in [6.45, 7) is 4.52. The zero-order valence-electron chi connectivity index (χ0n) is 12.5. The molecule has 0 saturated heterocycles. The van der Waals surface area contributed by atoms with Crippen LogP contribution in [-0.2, 0) is 15.0 Å². The van der Waals surface area contributed by atoms with Gasteiger partial charge in [-0.3, -0.25) is 9.59 Å². The van der Waals surface area contributed by atoms with E-state index in [1.165, 1.54) is 12.8 Å². The van der Waals surface area contributed by atoms with Gasteiger partial charge in [-0.25, -0.2) is 0 Å². The highest BCUT2D eigenvalue weighted by Crippen LogP contribution is 2.27. The van der Waals surface area contributed by atoms with Crippen molar-refractivity contribution in [1.82, 2.24) is 5.32 Å². The summed E-state index contributed by atoms with van der Waals surface area (Å²) >= 11 is 0. The average Bonchev–Trinajstić information content (AvgIpc) is 3.23. The highest BCUT2D eigenvalue weighted by atomic mass is 16.4. The van der Waals surface area contributed by atoms with Crippen LogP contribution < -0.4 is 10.6 Å². The first kappa shape index (κ1) is 15.5. The molecule has 1 aromatic carbocycles. The van der Waals surface area contributed by atoms with Crippen molar-refractivity contribution >= 4 is 17.6 Å². The Morgan fingerprint density at radius 3 is 2.38 bits per heavy atom. The van der Waals surface area contributed by atoms with Gasteiger partial charge in [0.05, 0.1) is 12.0 Å². The molecule has 5 nitrogen and oxygen atoms in total. The molecule has 0 unspecified atom stereocenters. The molecule has 0 aromatic heterocycles. The summed E-state index contributed by atoms with van der Waals surface area (Å²) in [7, 11) is 0. The molecule has 5 heteroatoms. The van der Waals surface area contributed by atoms with Crippen molar-refractivity contribution in [3.63, 3.8) is 0 Å². The van der Waals surface area contributed by atoms with E-state index < -0.39 is 11.4 Å². The number of carboxylic acid groups (broad SMARTS) is 1. The Morgan fingerprint density at radius 1 is 1.24 bits per heavy atom. The number of nitrogens with one attached hydrogen (secondary N) is 2. The van der Waals surface area contributed by atoms with Gasteiger partial charge in [0, 0.05) is 5.69 Å². The summed E-state index contributed by atoms with van der Waals surface area (Å²) in [6.07, 6.45) is 2.52. The second-order valence-corrected chi connectivity index (χ2v) is 6.13. The van der Waals surface area contributed by atoms with Crippen LogP contribution in [0.5, 0.6) is 0 Å². The summed E-state index contributed by atoms with van der Waals surface area (Å²) in [4.78, 5) is 22.9. The number of carbonyl (C=O) groups is 2. The number of carbonyl (C=O) groups excluding carboxylic acids is 1. The molecule has 21 heavy (non-hydrogen) atoms. The Balaban J connectivity index is 1.86. The van der Waals surface area contributed by atoms with Crippen molar-refractivity contribution in [2.24, 2.45) is 5.92 Å². The largest absolute Gasteiger partial charge is 0.481 e. The minimum atomic E-state index is -0.936. The highest BCUT2D eigenvalue weighted by Gasteiger charge is 2.29. The third kappa shape index (κ3) is 4.29. The van der Waals surface area contributed by atoms with Crippen LogP contribution in [0.15, 0.2) is 24.3 Å². The molecule has 1 aromatic rings. The van der Waals surface area contributed by atoms with Crippen LogP contribution in [0.4, 0.5) is 5.69 Å². The molecule has 1 aliphatic rings. The molecule has 1 amide bonds. The monoisotopic (exact) mass is 290 g/mol. The van der Waals surface area contributed by atoms with E-state index in [0.717, 1.165) is 12.5 Å². The van der Waals surface area contributed by atoms with Gasteiger partial charge in [-0.15, -0.1) is 0 Å². The van der Waals surface area contributed by atoms with Crippen molar-refractivity contribution in [2.75, 3.05) is 18.4 Å². The van der Waals surface area contributed by atoms with Gasteiger partial charge in [0.25, 0.3) is 0 Å². The van der Waals surface area contributed by atoms with E-state index in [-0.39, 0.29) is 5.91 Å². The second-order valence-electron chi connectivity index (χ2n) is 6.13. The number of hydrogen-bond acceptors (Lipinski definition) is 3. The molecule has 0 bridgehead atoms. The van der Waals surface area contributed by atoms with Crippen LogP contribution in [0, 0.1) is 5.92 Å². The Hall–Kier alpha value is -1.88. The third-order valence-electron chi connectivity index (χ3n) is 3.84. The van der Waals surface area contributed by atoms with Gasteiger partial charge in [-0.2, -0.15) is 0 Å². The van der Waals surface area contributed by atoms with Crippen molar-refractivity contribution in [3.8, 4) is 0 Å². The summed E-state index contributed by atoms with van der Waals surface area (Å²) in [5.41, 5.74) is 0.451. The first-order valence-corrected chi connectivity index (χ1v) is 7.24. The van der Waals surface area contributed by atoms with E-state index in [4.69, 9.17) is 0 Å². The third-order valence-corrected chi connectivity index (χ3v) is 3.84. The molecule has 0 spiro atoms. The molecule has 1 aliphatic carbocycles. The van der Waals surface area contributed by atoms with E-state index in [2.05, 4.69) is 10.6 Å². The van der Waals surface area contributed by atoms with Gasteiger partial charge in [0.2, 0.25) is 5.91 Å². The van der Waals surface area contributed by atoms with Gasteiger partial charge in [-0.05, 0) is 56.8 Å². The molecular formula is C16H22N2O3. The quantitative estimate of drug-likeness (QED) is 0.717. The molecular weight excluding hydrogens is 268 g/mol. The van der Waals surface area contributed by atoms with Gasteiger partial charge in [0.1, 0.15) is 0 Å². The summed E-state index contributed by atoms with van der Waals surface area (Å²) in [6, 6.07) is 6.94. The fourth-order valence-electron chi connectivity index (χ4n) is 2.01. The lowest BCUT2D eigenvalue weighted by atomic mass is 9.85. The number of benzene rings is 1. The van der Waals surface area contributed by atoms with Crippen molar-refractivity contribution in [2.45, 2.75) is 32.1 Å². The number of carboxylic acids is 1. The fraction of sp³-hybridized carbons (Fsp3) is 0.500. The normalized spacial score (nSPS) is 14.8. The maximum absolute atomic E-state index is 11.7. The zero-order valence-corrected chi connectivity index (χ0v) is 12.5. The minimum Gasteiger partial charge on any atom is -0.481 e. The van der Waals surface area contributed by atoms with E-state index in [9.17, 15) is 14.7 Å². The van der Waals surface area contributed by atoms with Crippen LogP contribution in [0.25, 0.3) is 0 Å².